The molecule has 2 atom stereocenters. The quantitative estimate of drug-likeness (QED) is 0.622. The number of nitrogens with one attached hydrogen (secondary N) is 2. The number of fused-ring (bicyclic) bond motifs is 1. The minimum atomic E-state index is -0.822. The van der Waals surface area contributed by atoms with E-state index in [1.54, 1.807) is 0 Å². The molecule has 1 aromatic heterocycles. The van der Waals surface area contributed by atoms with Gasteiger partial charge in [0.2, 0.25) is 5.91 Å². The summed E-state index contributed by atoms with van der Waals surface area (Å²) in [4.78, 5) is 29.5. The van der Waals surface area contributed by atoms with Crippen LogP contribution in [0.4, 0.5) is 0 Å². The Hall–Kier alpha value is -2.96. The van der Waals surface area contributed by atoms with Gasteiger partial charge in [-0.15, -0.1) is 0 Å². The smallest absolute Gasteiger partial charge is 0.252 e. The molecule has 0 saturated carbocycles. The fourth-order valence-electron chi connectivity index (χ4n) is 4.46. The summed E-state index contributed by atoms with van der Waals surface area (Å²) in [5, 5.41) is 15.1. The van der Waals surface area contributed by atoms with Crippen molar-refractivity contribution < 1.29 is 9.90 Å². The second-order valence-corrected chi connectivity index (χ2v) is 8.23. The lowest BCUT2D eigenvalue weighted by atomic mass is 9.78. The SMILES string of the molecule is CC(=O)N[C@@]1(c2ccccc2)CCN(Cc2cc3ccc(C)cc3[nH]c2=O)C[C@H]1O. The minimum absolute atomic E-state index is 0.107. The fourth-order valence-corrected chi connectivity index (χ4v) is 4.46. The summed E-state index contributed by atoms with van der Waals surface area (Å²) < 4.78 is 0. The number of pyridine rings is 1. The molecular weight excluding hydrogens is 378 g/mol. The zero-order chi connectivity index (χ0) is 21.3. The van der Waals surface area contributed by atoms with Gasteiger partial charge in [0.05, 0.1) is 11.6 Å². The van der Waals surface area contributed by atoms with Crippen LogP contribution in [-0.4, -0.2) is 40.1 Å². The number of aliphatic hydroxyl groups excluding tert-OH is 1. The summed E-state index contributed by atoms with van der Waals surface area (Å²) >= 11 is 0. The van der Waals surface area contributed by atoms with Gasteiger partial charge >= 0.3 is 0 Å². The number of aromatic amines is 1. The highest BCUT2D eigenvalue weighted by atomic mass is 16.3. The summed E-state index contributed by atoms with van der Waals surface area (Å²) in [6.07, 6.45) is -0.234. The van der Waals surface area contributed by atoms with Gasteiger partial charge < -0.3 is 15.4 Å². The highest BCUT2D eigenvalue weighted by molar-refractivity contribution is 5.79. The Morgan fingerprint density at radius 2 is 2.00 bits per heavy atom. The first-order valence-electron chi connectivity index (χ1n) is 10.2. The minimum Gasteiger partial charge on any atom is -0.389 e. The number of benzene rings is 2. The van der Waals surface area contributed by atoms with Crippen LogP contribution in [0.5, 0.6) is 0 Å². The Balaban J connectivity index is 1.57. The van der Waals surface area contributed by atoms with Gasteiger partial charge in [0, 0.05) is 37.6 Å². The third kappa shape index (κ3) is 3.88. The average molecular weight is 405 g/mol. The fraction of sp³-hybridized carbons (Fsp3) is 0.333. The maximum Gasteiger partial charge on any atom is 0.252 e. The Morgan fingerprint density at radius 3 is 2.70 bits per heavy atom. The van der Waals surface area contributed by atoms with Gasteiger partial charge in [-0.3, -0.25) is 14.5 Å². The summed E-state index contributed by atoms with van der Waals surface area (Å²) in [6.45, 7) is 4.92. The van der Waals surface area contributed by atoms with E-state index < -0.39 is 11.6 Å². The van der Waals surface area contributed by atoms with Crippen molar-refractivity contribution in [2.45, 2.75) is 38.5 Å². The van der Waals surface area contributed by atoms with Crippen LogP contribution < -0.4 is 10.9 Å². The van der Waals surface area contributed by atoms with Crippen LogP contribution in [0.15, 0.2) is 59.4 Å². The number of β-amino-alcohol motifs (C(OH)–C–C–N with tert-alkyl or cyclic N) is 1. The monoisotopic (exact) mass is 405 g/mol. The van der Waals surface area contributed by atoms with Crippen LogP contribution >= 0.6 is 0 Å². The molecule has 2 heterocycles. The summed E-state index contributed by atoms with van der Waals surface area (Å²) in [7, 11) is 0. The first-order valence-corrected chi connectivity index (χ1v) is 10.2. The molecule has 6 nitrogen and oxygen atoms in total. The van der Waals surface area contributed by atoms with Crippen LogP contribution in [0.3, 0.4) is 0 Å². The predicted molar refractivity (Wildman–Crippen MR) is 117 cm³/mol. The number of H-pyrrole nitrogens is 1. The number of aryl methyl sites for hydroxylation is 1. The van der Waals surface area contributed by atoms with Crippen molar-refractivity contribution in [1.82, 2.24) is 15.2 Å². The molecule has 0 bridgehead atoms. The van der Waals surface area contributed by atoms with E-state index in [1.165, 1.54) is 6.92 Å². The molecule has 156 valence electrons. The van der Waals surface area contributed by atoms with E-state index >= 15 is 0 Å². The Bertz CT molecular complexity index is 1130. The van der Waals surface area contributed by atoms with Crippen molar-refractivity contribution in [1.29, 1.82) is 0 Å². The van der Waals surface area contributed by atoms with Gasteiger partial charge in [-0.25, -0.2) is 0 Å². The van der Waals surface area contributed by atoms with Gasteiger partial charge in [0.25, 0.3) is 5.56 Å². The molecule has 30 heavy (non-hydrogen) atoms. The number of likely N-dealkylation sites (tertiary alicyclic amines) is 1. The molecule has 0 aliphatic carbocycles. The lowest BCUT2D eigenvalue weighted by Crippen LogP contribution is -2.61. The number of nitrogens with zero attached hydrogens (tertiary/aromatic N) is 1. The number of rotatable bonds is 4. The normalized spacial score (nSPS) is 22.2. The Morgan fingerprint density at radius 1 is 1.23 bits per heavy atom. The molecule has 1 saturated heterocycles. The second-order valence-electron chi connectivity index (χ2n) is 8.23. The molecule has 4 rings (SSSR count). The van der Waals surface area contributed by atoms with Crippen LogP contribution in [-0.2, 0) is 16.9 Å². The van der Waals surface area contributed by atoms with E-state index in [9.17, 15) is 14.7 Å². The van der Waals surface area contributed by atoms with E-state index in [0.29, 0.717) is 31.6 Å². The molecule has 1 aliphatic heterocycles. The van der Waals surface area contributed by atoms with E-state index in [2.05, 4.69) is 15.2 Å². The number of carbonyl (C=O) groups is 1. The van der Waals surface area contributed by atoms with Crippen molar-refractivity contribution in [3.63, 3.8) is 0 Å². The molecule has 0 radical (unpaired) electrons. The first kappa shape index (κ1) is 20.3. The predicted octanol–water partition coefficient (Wildman–Crippen LogP) is 2.43. The van der Waals surface area contributed by atoms with Gasteiger partial charge in [-0.2, -0.15) is 0 Å². The van der Waals surface area contributed by atoms with Gasteiger partial charge in [-0.1, -0.05) is 42.5 Å². The standard InChI is InChI=1S/C24H27N3O3/c1-16-8-9-18-13-19(23(30)25-21(18)12-16)14-27-11-10-24(22(29)15-27,26-17(2)28)20-6-4-3-5-7-20/h3-9,12-13,22,29H,10-11,14-15H2,1-2H3,(H,25,30)(H,26,28)/t22-,24-/m1/s1. The van der Waals surface area contributed by atoms with Crippen molar-refractivity contribution in [2.24, 2.45) is 0 Å². The zero-order valence-corrected chi connectivity index (χ0v) is 17.3. The maximum atomic E-state index is 12.6. The molecule has 1 fully saturated rings. The number of hydrogen-bond donors (Lipinski definition) is 3. The number of aromatic nitrogens is 1. The van der Waals surface area contributed by atoms with E-state index in [4.69, 9.17) is 0 Å². The third-order valence-electron chi connectivity index (χ3n) is 5.98. The van der Waals surface area contributed by atoms with E-state index in [1.807, 2.05) is 61.5 Å². The summed E-state index contributed by atoms with van der Waals surface area (Å²) in [6, 6.07) is 17.5. The molecule has 1 aliphatic rings. The topological polar surface area (TPSA) is 85.4 Å². The van der Waals surface area contributed by atoms with E-state index in [-0.39, 0.29) is 11.5 Å². The number of amides is 1. The van der Waals surface area contributed by atoms with Crippen molar-refractivity contribution >= 4 is 16.8 Å². The summed E-state index contributed by atoms with van der Waals surface area (Å²) in [5.74, 6) is -0.173. The summed E-state index contributed by atoms with van der Waals surface area (Å²) in [5.41, 5.74) is 2.56. The molecule has 2 aromatic carbocycles. The molecule has 3 N–H and O–H groups in total. The van der Waals surface area contributed by atoms with Crippen LogP contribution in [0.25, 0.3) is 10.9 Å². The lowest BCUT2D eigenvalue weighted by Gasteiger charge is -2.46. The van der Waals surface area contributed by atoms with Crippen molar-refractivity contribution in [3.8, 4) is 0 Å². The second kappa shape index (κ2) is 8.05. The Kier molecular flexibility index (Phi) is 5.45. The number of hydrogen-bond acceptors (Lipinski definition) is 4. The highest BCUT2D eigenvalue weighted by Crippen LogP contribution is 2.34. The third-order valence-corrected chi connectivity index (χ3v) is 5.98. The molecule has 6 heteroatoms. The van der Waals surface area contributed by atoms with Crippen molar-refractivity contribution in [2.75, 3.05) is 13.1 Å². The Labute approximate surface area is 175 Å². The number of aliphatic hydroxyl groups is 1. The first-order chi connectivity index (χ1) is 14.4. The molecule has 0 spiro atoms. The van der Waals surface area contributed by atoms with Crippen LogP contribution in [0.1, 0.15) is 30.0 Å². The maximum absolute atomic E-state index is 12.6. The number of carbonyl (C=O) groups excluding carboxylic acids is 1. The van der Waals surface area contributed by atoms with Gasteiger partial charge in [-0.05, 0) is 42.0 Å². The molecule has 0 unspecified atom stereocenters. The number of piperidine rings is 1. The zero-order valence-electron chi connectivity index (χ0n) is 17.3. The largest absolute Gasteiger partial charge is 0.389 e. The molecule has 1 amide bonds. The van der Waals surface area contributed by atoms with Gasteiger partial charge in [0.15, 0.2) is 0 Å². The average Bonchev–Trinajstić information content (AvgIpc) is 2.71. The molecule has 3 aromatic rings. The van der Waals surface area contributed by atoms with E-state index in [0.717, 1.165) is 22.0 Å². The van der Waals surface area contributed by atoms with Crippen LogP contribution in [0, 0.1) is 6.92 Å². The molecular formula is C24H27N3O3. The van der Waals surface area contributed by atoms with Crippen molar-refractivity contribution in [3.05, 3.63) is 81.6 Å². The highest BCUT2D eigenvalue weighted by Gasteiger charge is 2.44. The van der Waals surface area contributed by atoms with Crippen LogP contribution in [0.2, 0.25) is 0 Å². The van der Waals surface area contributed by atoms with Gasteiger partial charge in [0.1, 0.15) is 0 Å². The lowest BCUT2D eigenvalue weighted by molar-refractivity contribution is -0.125.